The van der Waals surface area contributed by atoms with E-state index >= 15 is 0 Å². The van der Waals surface area contributed by atoms with E-state index in [0.29, 0.717) is 26.9 Å². The van der Waals surface area contributed by atoms with Crippen LogP contribution in [0, 0.1) is 0 Å². The van der Waals surface area contributed by atoms with Gasteiger partial charge in [0.15, 0.2) is 6.61 Å². The van der Waals surface area contributed by atoms with Gasteiger partial charge in [-0.25, -0.2) is 9.59 Å². The van der Waals surface area contributed by atoms with Gasteiger partial charge < -0.3 is 30.1 Å². The molecule has 0 aliphatic rings. The summed E-state index contributed by atoms with van der Waals surface area (Å²) in [5.41, 5.74) is 1.88. The van der Waals surface area contributed by atoms with Crippen molar-refractivity contribution in [2.24, 2.45) is 0 Å². The Bertz CT molecular complexity index is 1260. The lowest BCUT2D eigenvalue weighted by molar-refractivity contribution is -0.149. The van der Waals surface area contributed by atoms with Gasteiger partial charge in [0.05, 0.1) is 23.8 Å². The fraction of sp³-hybridized carbons (Fsp3) is 0.182. The van der Waals surface area contributed by atoms with Crippen molar-refractivity contribution in [2.75, 3.05) is 19.0 Å². The van der Waals surface area contributed by atoms with Crippen molar-refractivity contribution in [3.63, 3.8) is 0 Å². The predicted octanol–water partition coefficient (Wildman–Crippen LogP) is 2.33. The molecule has 2 aromatic carbocycles. The summed E-state index contributed by atoms with van der Waals surface area (Å²) in [5, 5.41) is 5.06. The van der Waals surface area contributed by atoms with E-state index in [1.807, 2.05) is 0 Å². The number of rotatable bonds is 8. The highest BCUT2D eigenvalue weighted by molar-refractivity contribution is 9.10. The van der Waals surface area contributed by atoms with E-state index in [4.69, 9.17) is 9.47 Å². The van der Waals surface area contributed by atoms with Crippen molar-refractivity contribution < 1.29 is 23.9 Å². The Balaban J connectivity index is 1.47. The summed E-state index contributed by atoms with van der Waals surface area (Å²) in [7, 11) is 1.56. The highest BCUT2D eigenvalue weighted by atomic mass is 79.9. The maximum Gasteiger partial charge on any atom is 0.328 e. The monoisotopic (exact) mass is 516 g/mol. The predicted molar refractivity (Wildman–Crippen MR) is 126 cm³/mol. The Labute approximate surface area is 196 Å². The molecule has 0 aliphatic heterocycles. The third-order valence-corrected chi connectivity index (χ3v) is 5.13. The molecule has 0 bridgehead atoms. The standard InChI is InChI=1S/C22H21BrN4O6/c1-12(24-19(28)8-5-13-3-6-14(32-2)7-4-13)21(30)33-11-20(29)25-16-10-18-17(9-15(16)23)26-22(31)27-18/h3-10,12H,11H2,1-2H3,(H,24,28)(H,25,29)(H2,26,27,31)/b8-5+/t12-/m1/s1. The van der Waals surface area contributed by atoms with Crippen LogP contribution >= 0.6 is 15.9 Å². The van der Waals surface area contributed by atoms with Crippen LogP contribution in [0.4, 0.5) is 5.69 Å². The summed E-state index contributed by atoms with van der Waals surface area (Å²) < 4.78 is 10.6. The minimum atomic E-state index is -0.959. The molecule has 0 unspecified atom stereocenters. The van der Waals surface area contributed by atoms with Crippen LogP contribution in [0.15, 0.2) is 51.7 Å². The number of benzene rings is 2. The van der Waals surface area contributed by atoms with Crippen molar-refractivity contribution in [1.29, 1.82) is 0 Å². The van der Waals surface area contributed by atoms with Crippen LogP contribution in [0.5, 0.6) is 5.75 Å². The Morgan fingerprint density at radius 3 is 2.45 bits per heavy atom. The SMILES string of the molecule is COc1ccc(/C=C/C(=O)N[C@H](C)C(=O)OCC(=O)Nc2cc3[nH]c(=O)[nH]c3cc2Br)cc1. The van der Waals surface area contributed by atoms with Gasteiger partial charge in [-0.3, -0.25) is 9.59 Å². The number of ether oxygens (including phenoxy) is 2. The van der Waals surface area contributed by atoms with Crippen molar-refractivity contribution in [3.8, 4) is 5.75 Å². The summed E-state index contributed by atoms with van der Waals surface area (Å²) in [6.07, 6.45) is 2.88. The summed E-state index contributed by atoms with van der Waals surface area (Å²) in [6.45, 7) is 0.904. The van der Waals surface area contributed by atoms with Crippen molar-refractivity contribution in [3.05, 3.63) is 63.0 Å². The molecule has 3 aromatic rings. The lowest BCUT2D eigenvalue weighted by Crippen LogP contribution is -2.39. The van der Waals surface area contributed by atoms with E-state index in [1.165, 1.54) is 13.0 Å². The largest absolute Gasteiger partial charge is 0.497 e. The first-order valence-corrected chi connectivity index (χ1v) is 10.5. The summed E-state index contributed by atoms with van der Waals surface area (Å²) in [5.74, 6) is -1.14. The van der Waals surface area contributed by atoms with Gasteiger partial charge in [0.2, 0.25) is 5.91 Å². The van der Waals surface area contributed by atoms with E-state index in [-0.39, 0.29) is 5.69 Å². The number of H-pyrrole nitrogens is 2. The summed E-state index contributed by atoms with van der Waals surface area (Å²) in [6, 6.07) is 9.32. The molecule has 33 heavy (non-hydrogen) atoms. The molecule has 4 N–H and O–H groups in total. The zero-order valence-electron chi connectivity index (χ0n) is 17.7. The Morgan fingerprint density at radius 2 is 1.79 bits per heavy atom. The van der Waals surface area contributed by atoms with Crippen LogP contribution in [-0.2, 0) is 19.1 Å². The van der Waals surface area contributed by atoms with Crippen molar-refractivity contribution in [2.45, 2.75) is 13.0 Å². The summed E-state index contributed by atoms with van der Waals surface area (Å²) in [4.78, 5) is 52.9. The molecule has 0 spiro atoms. The number of carbonyl (C=O) groups is 3. The third-order valence-electron chi connectivity index (χ3n) is 4.48. The Morgan fingerprint density at radius 1 is 1.12 bits per heavy atom. The molecule has 1 heterocycles. The van der Waals surface area contributed by atoms with Crippen LogP contribution in [0.2, 0.25) is 0 Å². The second-order valence-electron chi connectivity index (χ2n) is 6.95. The second kappa shape index (κ2) is 10.6. The minimum absolute atomic E-state index is 0.371. The smallest absolute Gasteiger partial charge is 0.328 e. The number of hydrogen-bond acceptors (Lipinski definition) is 6. The van der Waals surface area contributed by atoms with Crippen LogP contribution in [0.3, 0.4) is 0 Å². The first kappa shape index (κ1) is 23.8. The second-order valence-corrected chi connectivity index (χ2v) is 7.80. The number of aromatic amines is 2. The highest BCUT2D eigenvalue weighted by Crippen LogP contribution is 2.26. The van der Waals surface area contributed by atoms with E-state index in [0.717, 1.165) is 5.56 Å². The van der Waals surface area contributed by atoms with Crippen LogP contribution in [0.1, 0.15) is 12.5 Å². The molecule has 10 nitrogen and oxygen atoms in total. The van der Waals surface area contributed by atoms with Gasteiger partial charge >= 0.3 is 11.7 Å². The topological polar surface area (TPSA) is 142 Å². The molecule has 172 valence electrons. The van der Waals surface area contributed by atoms with Gasteiger partial charge in [0.1, 0.15) is 11.8 Å². The average molecular weight is 517 g/mol. The minimum Gasteiger partial charge on any atom is -0.497 e. The van der Waals surface area contributed by atoms with Crippen molar-refractivity contribution >= 4 is 56.5 Å². The van der Waals surface area contributed by atoms with Crippen LogP contribution < -0.4 is 21.1 Å². The molecule has 0 radical (unpaired) electrons. The quantitative estimate of drug-likeness (QED) is 0.267. The molecule has 3 rings (SSSR count). The van der Waals surface area contributed by atoms with Gasteiger partial charge in [-0.2, -0.15) is 0 Å². The number of carbonyl (C=O) groups excluding carboxylic acids is 3. The van der Waals surface area contributed by atoms with Gasteiger partial charge in [-0.05, 0) is 58.8 Å². The van der Waals surface area contributed by atoms with E-state index in [2.05, 4.69) is 36.5 Å². The molecule has 2 amide bonds. The molecule has 0 saturated carbocycles. The number of anilines is 1. The maximum atomic E-state index is 12.2. The molecule has 11 heteroatoms. The maximum absolute atomic E-state index is 12.2. The number of nitrogens with one attached hydrogen (secondary N) is 4. The van der Waals surface area contributed by atoms with Gasteiger partial charge in [0.25, 0.3) is 5.91 Å². The number of aromatic nitrogens is 2. The van der Waals surface area contributed by atoms with Gasteiger partial charge in [-0.1, -0.05) is 12.1 Å². The number of amides is 2. The zero-order valence-corrected chi connectivity index (χ0v) is 19.3. The highest BCUT2D eigenvalue weighted by Gasteiger charge is 2.18. The fourth-order valence-electron chi connectivity index (χ4n) is 2.81. The van der Waals surface area contributed by atoms with Crippen LogP contribution in [0.25, 0.3) is 17.1 Å². The molecule has 0 saturated heterocycles. The first-order valence-electron chi connectivity index (χ1n) is 9.76. The fourth-order valence-corrected chi connectivity index (χ4v) is 3.25. The lowest BCUT2D eigenvalue weighted by atomic mass is 10.2. The summed E-state index contributed by atoms with van der Waals surface area (Å²) >= 11 is 3.31. The van der Waals surface area contributed by atoms with Gasteiger partial charge in [-0.15, -0.1) is 0 Å². The first-order chi connectivity index (χ1) is 15.7. The molecular weight excluding hydrogens is 496 g/mol. The Kier molecular flexibility index (Phi) is 7.67. The molecular formula is C22H21BrN4O6. The number of hydrogen-bond donors (Lipinski definition) is 4. The third kappa shape index (κ3) is 6.56. The zero-order chi connectivity index (χ0) is 24.0. The van der Waals surface area contributed by atoms with E-state index < -0.39 is 30.4 Å². The van der Waals surface area contributed by atoms with Crippen LogP contribution in [-0.4, -0.2) is 47.5 Å². The average Bonchev–Trinajstić information content (AvgIpc) is 3.15. The molecule has 1 aromatic heterocycles. The number of imidazole rings is 1. The normalized spacial score (nSPS) is 11.8. The molecule has 0 fully saturated rings. The Hall–Kier alpha value is -3.86. The number of halogens is 1. The molecule has 1 atom stereocenters. The molecule has 0 aliphatic carbocycles. The number of methoxy groups -OCH3 is 1. The lowest BCUT2D eigenvalue weighted by Gasteiger charge is -2.12. The van der Waals surface area contributed by atoms with E-state index in [1.54, 1.807) is 49.6 Å². The van der Waals surface area contributed by atoms with E-state index in [9.17, 15) is 19.2 Å². The number of esters is 1. The van der Waals surface area contributed by atoms with Crippen molar-refractivity contribution in [1.82, 2.24) is 15.3 Å². The van der Waals surface area contributed by atoms with Gasteiger partial charge in [0, 0.05) is 10.5 Å². The number of fused-ring (bicyclic) bond motifs is 1.